The van der Waals surface area contributed by atoms with E-state index in [1.807, 2.05) is 6.07 Å². The summed E-state index contributed by atoms with van der Waals surface area (Å²) in [5.74, 6) is 0.477. The first-order valence-corrected chi connectivity index (χ1v) is 7.80. The van der Waals surface area contributed by atoms with Crippen LogP contribution in [0.1, 0.15) is 39.7 Å². The van der Waals surface area contributed by atoms with E-state index in [9.17, 15) is 4.39 Å². The molecule has 19 heavy (non-hydrogen) atoms. The van der Waals surface area contributed by atoms with E-state index in [2.05, 4.69) is 48.9 Å². The van der Waals surface area contributed by atoms with Crippen LogP contribution in [0.4, 0.5) is 4.39 Å². The predicted molar refractivity (Wildman–Crippen MR) is 83.9 cm³/mol. The van der Waals surface area contributed by atoms with E-state index in [1.165, 1.54) is 11.6 Å². The second-order valence-corrected chi connectivity index (χ2v) is 6.96. The van der Waals surface area contributed by atoms with Gasteiger partial charge >= 0.3 is 0 Å². The van der Waals surface area contributed by atoms with Crippen LogP contribution in [-0.2, 0) is 6.42 Å². The summed E-state index contributed by atoms with van der Waals surface area (Å²) < 4.78 is 14.0. The second-order valence-electron chi connectivity index (χ2n) is 6.10. The van der Waals surface area contributed by atoms with Crippen LogP contribution in [0.25, 0.3) is 0 Å². The van der Waals surface area contributed by atoms with Gasteiger partial charge in [-0.2, -0.15) is 0 Å². The summed E-state index contributed by atoms with van der Waals surface area (Å²) in [7, 11) is 0. The summed E-state index contributed by atoms with van der Waals surface area (Å²) in [6, 6.07) is 4.97. The lowest BCUT2D eigenvalue weighted by Gasteiger charge is -2.29. The Labute approximate surface area is 125 Å². The van der Waals surface area contributed by atoms with E-state index in [1.54, 1.807) is 6.07 Å². The zero-order chi connectivity index (χ0) is 14.5. The third-order valence-electron chi connectivity index (χ3n) is 3.59. The van der Waals surface area contributed by atoms with Crippen molar-refractivity contribution in [3.8, 4) is 0 Å². The molecule has 0 bridgehead atoms. The van der Waals surface area contributed by atoms with Crippen molar-refractivity contribution in [3.05, 3.63) is 34.1 Å². The quantitative estimate of drug-likeness (QED) is 0.758. The normalized spacial score (nSPS) is 14.7. The minimum atomic E-state index is -0.188. The Morgan fingerprint density at radius 2 is 2.05 bits per heavy atom. The Hall–Kier alpha value is -0.410. The highest BCUT2D eigenvalue weighted by Crippen LogP contribution is 2.29. The standard InChI is InChI=1S/C16H25BrFN/c1-5-16(4,11-19-10-12(2)3)9-13-6-7-14(18)8-15(13)17/h6-8,12,19H,5,9-11H2,1-4H3. The lowest BCUT2D eigenvalue weighted by molar-refractivity contribution is 0.284. The van der Waals surface area contributed by atoms with E-state index in [4.69, 9.17) is 0 Å². The van der Waals surface area contributed by atoms with Gasteiger partial charge in [-0.05, 0) is 48.4 Å². The number of hydrogen-bond acceptors (Lipinski definition) is 1. The molecule has 0 amide bonds. The van der Waals surface area contributed by atoms with Gasteiger partial charge in [0, 0.05) is 11.0 Å². The van der Waals surface area contributed by atoms with Crippen LogP contribution in [0.3, 0.4) is 0 Å². The first kappa shape index (κ1) is 16.6. The van der Waals surface area contributed by atoms with Gasteiger partial charge in [0.15, 0.2) is 0 Å². The topological polar surface area (TPSA) is 12.0 Å². The number of benzene rings is 1. The molecule has 0 spiro atoms. The summed E-state index contributed by atoms with van der Waals surface area (Å²) >= 11 is 3.46. The Morgan fingerprint density at radius 1 is 1.37 bits per heavy atom. The van der Waals surface area contributed by atoms with E-state index in [0.29, 0.717) is 5.92 Å². The maximum absolute atomic E-state index is 13.1. The molecule has 0 aliphatic heterocycles. The Kier molecular flexibility index (Phi) is 6.48. The molecule has 108 valence electrons. The van der Waals surface area contributed by atoms with Crippen molar-refractivity contribution in [2.75, 3.05) is 13.1 Å². The predicted octanol–water partition coefficient (Wildman–Crippen LogP) is 4.79. The molecule has 0 aliphatic rings. The summed E-state index contributed by atoms with van der Waals surface area (Å²) in [5, 5.41) is 3.54. The second kappa shape index (κ2) is 7.39. The molecule has 1 N–H and O–H groups in total. The molecule has 0 fully saturated rings. The van der Waals surface area contributed by atoms with Gasteiger partial charge in [0.1, 0.15) is 5.82 Å². The maximum Gasteiger partial charge on any atom is 0.124 e. The first-order valence-electron chi connectivity index (χ1n) is 7.01. The zero-order valence-electron chi connectivity index (χ0n) is 12.4. The fraction of sp³-hybridized carbons (Fsp3) is 0.625. The van der Waals surface area contributed by atoms with Gasteiger partial charge in [0.2, 0.25) is 0 Å². The molecule has 0 radical (unpaired) electrons. The van der Waals surface area contributed by atoms with Crippen LogP contribution < -0.4 is 5.32 Å². The molecule has 1 unspecified atom stereocenters. The molecule has 0 aromatic heterocycles. The van der Waals surface area contributed by atoms with Crippen LogP contribution in [0.15, 0.2) is 22.7 Å². The Balaban J connectivity index is 2.68. The van der Waals surface area contributed by atoms with Gasteiger partial charge in [-0.15, -0.1) is 0 Å². The molecular weight excluding hydrogens is 305 g/mol. The van der Waals surface area contributed by atoms with Crippen LogP contribution in [0.5, 0.6) is 0 Å². The summed E-state index contributed by atoms with van der Waals surface area (Å²) in [6.07, 6.45) is 2.05. The van der Waals surface area contributed by atoms with Crippen LogP contribution >= 0.6 is 15.9 Å². The van der Waals surface area contributed by atoms with Crippen molar-refractivity contribution in [2.24, 2.45) is 11.3 Å². The van der Waals surface area contributed by atoms with Gasteiger partial charge in [-0.25, -0.2) is 4.39 Å². The molecule has 0 saturated carbocycles. The Morgan fingerprint density at radius 3 is 2.58 bits per heavy atom. The van der Waals surface area contributed by atoms with Gasteiger partial charge in [-0.1, -0.05) is 49.7 Å². The molecular formula is C16H25BrFN. The van der Waals surface area contributed by atoms with Gasteiger partial charge in [0.05, 0.1) is 0 Å². The average Bonchev–Trinajstić information content (AvgIpc) is 2.32. The van der Waals surface area contributed by atoms with Gasteiger partial charge in [-0.3, -0.25) is 0 Å². The number of rotatable bonds is 7. The maximum atomic E-state index is 13.1. The molecule has 3 heteroatoms. The number of halogens is 2. The summed E-state index contributed by atoms with van der Waals surface area (Å²) in [5.41, 5.74) is 1.38. The number of hydrogen-bond donors (Lipinski definition) is 1. The molecule has 1 rings (SSSR count). The monoisotopic (exact) mass is 329 g/mol. The van der Waals surface area contributed by atoms with Crippen molar-refractivity contribution in [1.82, 2.24) is 5.32 Å². The van der Waals surface area contributed by atoms with Crippen molar-refractivity contribution >= 4 is 15.9 Å². The molecule has 1 aromatic carbocycles. The summed E-state index contributed by atoms with van der Waals surface area (Å²) in [4.78, 5) is 0. The largest absolute Gasteiger partial charge is 0.316 e. The van der Waals surface area contributed by atoms with Crippen molar-refractivity contribution in [1.29, 1.82) is 0 Å². The smallest absolute Gasteiger partial charge is 0.124 e. The SMILES string of the molecule is CCC(C)(CNCC(C)C)Cc1ccc(F)cc1Br. The zero-order valence-corrected chi connectivity index (χ0v) is 14.0. The highest BCUT2D eigenvalue weighted by molar-refractivity contribution is 9.10. The minimum absolute atomic E-state index is 0.188. The van der Waals surface area contributed by atoms with Crippen molar-refractivity contribution in [2.45, 2.75) is 40.5 Å². The highest BCUT2D eigenvalue weighted by atomic mass is 79.9. The van der Waals surface area contributed by atoms with Crippen LogP contribution in [0.2, 0.25) is 0 Å². The fourth-order valence-corrected chi connectivity index (χ4v) is 2.59. The first-order chi connectivity index (χ1) is 8.86. The Bertz CT molecular complexity index is 406. The third-order valence-corrected chi connectivity index (χ3v) is 4.33. The lowest BCUT2D eigenvalue weighted by Crippen LogP contribution is -2.35. The highest BCUT2D eigenvalue weighted by Gasteiger charge is 2.23. The van der Waals surface area contributed by atoms with Gasteiger partial charge in [0.25, 0.3) is 0 Å². The van der Waals surface area contributed by atoms with Crippen molar-refractivity contribution in [3.63, 3.8) is 0 Å². The molecule has 1 atom stereocenters. The van der Waals surface area contributed by atoms with Crippen LogP contribution in [-0.4, -0.2) is 13.1 Å². The van der Waals surface area contributed by atoms with E-state index in [0.717, 1.165) is 30.4 Å². The van der Waals surface area contributed by atoms with E-state index >= 15 is 0 Å². The molecule has 1 nitrogen and oxygen atoms in total. The van der Waals surface area contributed by atoms with Crippen molar-refractivity contribution < 1.29 is 4.39 Å². The molecule has 0 saturated heterocycles. The third kappa shape index (κ3) is 5.62. The van der Waals surface area contributed by atoms with E-state index in [-0.39, 0.29) is 11.2 Å². The van der Waals surface area contributed by atoms with Crippen LogP contribution in [0, 0.1) is 17.2 Å². The minimum Gasteiger partial charge on any atom is -0.316 e. The lowest BCUT2D eigenvalue weighted by atomic mass is 9.81. The number of nitrogens with one attached hydrogen (secondary N) is 1. The van der Waals surface area contributed by atoms with Gasteiger partial charge < -0.3 is 5.32 Å². The molecule has 0 aliphatic carbocycles. The fourth-order valence-electron chi connectivity index (χ4n) is 2.10. The summed E-state index contributed by atoms with van der Waals surface area (Å²) in [6.45, 7) is 11.0. The molecule has 0 heterocycles. The molecule has 1 aromatic rings. The van der Waals surface area contributed by atoms with E-state index < -0.39 is 0 Å². The average molecular weight is 330 g/mol.